The predicted octanol–water partition coefficient (Wildman–Crippen LogP) is 9.00. The largest absolute Gasteiger partial charge is 0.478 e. The Labute approximate surface area is 330 Å². The van der Waals surface area contributed by atoms with Crippen molar-refractivity contribution in [2.75, 3.05) is 17.9 Å². The average Bonchev–Trinajstić information content (AvgIpc) is 3.90. The summed E-state index contributed by atoms with van der Waals surface area (Å²) in [7, 11) is 1.61. The Morgan fingerprint density at radius 2 is 1.88 bits per heavy atom. The summed E-state index contributed by atoms with van der Waals surface area (Å²) in [6.07, 6.45) is 8.09. The number of hydrogen-bond acceptors (Lipinski definition) is 10. The molecule has 0 bridgehead atoms. The van der Waals surface area contributed by atoms with Gasteiger partial charge in [0, 0.05) is 29.7 Å². The summed E-state index contributed by atoms with van der Waals surface area (Å²) >= 11 is 1.18. The Bertz CT molecular complexity index is 2090. The fourth-order valence-corrected chi connectivity index (χ4v) is 6.75. The molecular formula is C41H50F3N7O4S. The van der Waals surface area contributed by atoms with E-state index in [-0.39, 0.29) is 55.3 Å². The second-order valence-electron chi connectivity index (χ2n) is 14.6. The number of ether oxygens (including phenoxy) is 2. The number of nitrogens with zero attached hydrogens (tertiary/aromatic N) is 5. The number of carbonyl (C=O) groups is 1. The highest BCUT2D eigenvalue weighted by Crippen LogP contribution is 2.59. The number of halogens is 3. The van der Waals surface area contributed by atoms with E-state index in [2.05, 4.69) is 39.9 Å². The first-order valence-electron chi connectivity index (χ1n) is 18.6. The van der Waals surface area contributed by atoms with Crippen LogP contribution in [0.3, 0.4) is 0 Å². The molecule has 3 N–H and O–H groups in total. The molecule has 0 radical (unpaired) electrons. The maximum Gasteiger partial charge on any atom is 0.399 e. The first kappa shape index (κ1) is 42.4. The number of alkyl halides is 3. The third kappa shape index (κ3) is 10.8. The number of carboxylic acid groups (broad SMARTS) is 1. The lowest BCUT2D eigenvalue weighted by Gasteiger charge is -2.21. The fraction of sp³-hybridized carbons (Fsp3) is 0.439. The summed E-state index contributed by atoms with van der Waals surface area (Å²) in [6, 6.07) is 7.72. The van der Waals surface area contributed by atoms with Gasteiger partial charge in [-0.3, -0.25) is 9.71 Å². The van der Waals surface area contributed by atoms with E-state index in [0.29, 0.717) is 45.9 Å². The molecule has 0 amide bonds. The third-order valence-corrected chi connectivity index (χ3v) is 10.0. The van der Waals surface area contributed by atoms with Crippen LogP contribution in [-0.4, -0.2) is 67.1 Å². The van der Waals surface area contributed by atoms with Crippen LogP contribution in [0.15, 0.2) is 71.3 Å². The molecule has 0 saturated heterocycles. The van der Waals surface area contributed by atoms with Gasteiger partial charge in [-0.05, 0) is 101 Å². The predicted molar refractivity (Wildman–Crippen MR) is 214 cm³/mol. The standard InChI is InChI=1S/C41H50F3N7O4S/c1-8-9-10-12-28(17-25(2)3)18-33-27(6)37(49-39(48-33)50-56-32-14-11-13-29(19-32)38(52)53)55-24-31(23-54-26(4)5)45-21-30-22-46-34-20-35(51(7)36(34)47-30)40(15-16-40)41(42,43)44/h8-14,18-20,22,25-26,31,45H,15-17,21,23-24H2,1-7H3,(H,52,53)(H,48,49,50)/b9-8+,12-10-,28-18-. The van der Waals surface area contributed by atoms with E-state index in [9.17, 15) is 23.1 Å². The van der Waals surface area contributed by atoms with Crippen molar-refractivity contribution >= 4 is 41.1 Å². The van der Waals surface area contributed by atoms with E-state index in [0.717, 1.165) is 17.6 Å². The number of benzene rings is 1. The van der Waals surface area contributed by atoms with E-state index in [1.807, 2.05) is 52.0 Å². The van der Waals surface area contributed by atoms with Crippen molar-refractivity contribution < 1.29 is 32.5 Å². The number of fused-ring (bicyclic) bond motifs is 1. The number of carboxylic acids is 1. The zero-order valence-corrected chi connectivity index (χ0v) is 33.6. The molecule has 1 unspecified atom stereocenters. The van der Waals surface area contributed by atoms with E-state index >= 15 is 0 Å². The minimum Gasteiger partial charge on any atom is -0.478 e. The van der Waals surface area contributed by atoms with Crippen molar-refractivity contribution in [1.82, 2.24) is 29.8 Å². The van der Waals surface area contributed by atoms with Gasteiger partial charge >= 0.3 is 12.1 Å². The average molecular weight is 794 g/mol. The minimum atomic E-state index is -4.34. The smallest absolute Gasteiger partial charge is 0.399 e. The molecule has 11 nitrogen and oxygen atoms in total. The lowest BCUT2D eigenvalue weighted by molar-refractivity contribution is -0.162. The van der Waals surface area contributed by atoms with Crippen LogP contribution in [0.1, 0.15) is 86.9 Å². The Kier molecular flexibility index (Phi) is 14.0. The van der Waals surface area contributed by atoms with Gasteiger partial charge in [0.15, 0.2) is 5.65 Å². The number of aryl methyl sites for hydroxylation is 1. The third-order valence-electron chi connectivity index (χ3n) is 9.25. The number of aromatic carboxylic acids is 1. The molecule has 0 spiro atoms. The molecular weight excluding hydrogens is 744 g/mol. The van der Waals surface area contributed by atoms with Gasteiger partial charge in [0.25, 0.3) is 0 Å². The molecule has 3 heterocycles. The highest BCUT2D eigenvalue weighted by Gasteiger charge is 2.65. The number of rotatable bonds is 19. The summed E-state index contributed by atoms with van der Waals surface area (Å²) in [5.41, 5.74) is 2.32. The molecule has 4 aromatic rings. The number of hydrogen-bond donors (Lipinski definition) is 3. The van der Waals surface area contributed by atoms with Gasteiger partial charge in [0.05, 0.1) is 41.9 Å². The molecule has 1 fully saturated rings. The van der Waals surface area contributed by atoms with E-state index in [1.54, 1.807) is 31.4 Å². The van der Waals surface area contributed by atoms with Gasteiger partial charge in [-0.2, -0.15) is 18.2 Å². The number of nitrogens with one attached hydrogen (secondary N) is 2. The van der Waals surface area contributed by atoms with Gasteiger partial charge in [-0.25, -0.2) is 14.8 Å². The summed E-state index contributed by atoms with van der Waals surface area (Å²) in [5.74, 6) is -0.0106. The molecule has 1 saturated carbocycles. The van der Waals surface area contributed by atoms with Crippen molar-refractivity contribution in [3.63, 3.8) is 0 Å². The number of anilines is 1. The molecule has 15 heteroatoms. The summed E-state index contributed by atoms with van der Waals surface area (Å²) in [5, 5.41) is 12.9. The molecule has 1 atom stereocenters. The van der Waals surface area contributed by atoms with Crippen molar-refractivity contribution in [2.24, 2.45) is 13.0 Å². The Balaban J connectivity index is 1.40. The van der Waals surface area contributed by atoms with E-state index in [4.69, 9.17) is 19.4 Å². The van der Waals surface area contributed by atoms with Crippen LogP contribution < -0.4 is 14.8 Å². The van der Waals surface area contributed by atoms with Gasteiger partial charge in [-0.15, -0.1) is 0 Å². The highest BCUT2D eigenvalue weighted by atomic mass is 32.2. The van der Waals surface area contributed by atoms with Crippen LogP contribution >= 0.6 is 11.9 Å². The Morgan fingerprint density at radius 1 is 1.11 bits per heavy atom. The first-order chi connectivity index (χ1) is 26.6. The van der Waals surface area contributed by atoms with Gasteiger partial charge in [-0.1, -0.05) is 44.2 Å². The van der Waals surface area contributed by atoms with Gasteiger partial charge < -0.3 is 24.5 Å². The van der Waals surface area contributed by atoms with Crippen molar-refractivity contribution in [3.8, 4) is 5.88 Å². The van der Waals surface area contributed by atoms with Crippen LogP contribution in [0, 0.1) is 12.8 Å². The van der Waals surface area contributed by atoms with Crippen LogP contribution in [0.2, 0.25) is 0 Å². The highest BCUT2D eigenvalue weighted by molar-refractivity contribution is 8.00. The SMILES string of the molecule is C/C=C/C=C\C(=C\c1nc(NSc2cccc(C(=O)O)c2)nc(OCC(COC(C)C)NCc2cnc3cc(C4(C(F)(F)F)CC4)n(C)c3n2)c1C)CC(C)C. The number of allylic oxidation sites excluding steroid dienone is 5. The zero-order valence-electron chi connectivity index (χ0n) is 32.8. The maximum atomic E-state index is 14.0. The topological polar surface area (TPSA) is 136 Å². The quantitative estimate of drug-likeness (QED) is 0.0620. The molecule has 56 heavy (non-hydrogen) atoms. The van der Waals surface area contributed by atoms with Crippen LogP contribution in [0.4, 0.5) is 19.1 Å². The summed E-state index contributed by atoms with van der Waals surface area (Å²) < 4.78 is 58.9. The lowest BCUT2D eigenvalue weighted by Crippen LogP contribution is -2.39. The van der Waals surface area contributed by atoms with Gasteiger partial charge in [0.1, 0.15) is 17.5 Å². The van der Waals surface area contributed by atoms with Crippen molar-refractivity contribution in [2.45, 2.75) is 96.0 Å². The normalized spacial score (nSPS) is 15.1. The maximum absolute atomic E-state index is 14.0. The molecule has 3 aromatic heterocycles. The zero-order chi connectivity index (χ0) is 40.6. The first-order valence-corrected chi connectivity index (χ1v) is 19.4. The Morgan fingerprint density at radius 3 is 2.54 bits per heavy atom. The molecule has 300 valence electrons. The van der Waals surface area contributed by atoms with Crippen LogP contribution in [-0.2, 0) is 23.7 Å². The fourth-order valence-electron chi connectivity index (χ4n) is 6.12. The minimum absolute atomic E-state index is 0.0550. The molecule has 1 aliphatic carbocycles. The summed E-state index contributed by atoms with van der Waals surface area (Å²) in [4.78, 5) is 30.9. The molecule has 5 rings (SSSR count). The Hall–Kier alpha value is -4.73. The molecule has 1 aromatic carbocycles. The van der Waals surface area contributed by atoms with Gasteiger partial charge in [0.2, 0.25) is 11.8 Å². The summed E-state index contributed by atoms with van der Waals surface area (Å²) in [6.45, 7) is 12.7. The monoisotopic (exact) mass is 793 g/mol. The van der Waals surface area contributed by atoms with Crippen molar-refractivity contribution in [1.29, 1.82) is 0 Å². The number of aromatic nitrogens is 5. The second kappa shape index (κ2) is 18.5. The molecule has 1 aliphatic rings. The van der Waals surface area contributed by atoms with Crippen molar-refractivity contribution in [3.05, 3.63) is 94.6 Å². The van der Waals surface area contributed by atoms with Crippen LogP contribution in [0.25, 0.3) is 17.2 Å². The second-order valence-corrected chi connectivity index (χ2v) is 15.5. The van der Waals surface area contributed by atoms with E-state index < -0.39 is 17.6 Å². The molecule has 0 aliphatic heterocycles. The van der Waals surface area contributed by atoms with Crippen LogP contribution in [0.5, 0.6) is 5.88 Å². The van der Waals surface area contributed by atoms with E-state index in [1.165, 1.54) is 28.6 Å². The lowest BCUT2D eigenvalue weighted by atomic mass is 10.0.